The molecule has 0 amide bonds. The van der Waals surface area contributed by atoms with E-state index in [0.717, 1.165) is 8.04 Å². The first-order valence-electron chi connectivity index (χ1n) is 10.4. The molecule has 0 bridgehead atoms. The van der Waals surface area contributed by atoms with Crippen molar-refractivity contribution in [3.8, 4) is 11.5 Å². The van der Waals surface area contributed by atoms with Gasteiger partial charge in [-0.25, -0.2) is 9.37 Å². The summed E-state index contributed by atoms with van der Waals surface area (Å²) in [7, 11) is 0. The topological polar surface area (TPSA) is 65.7 Å². The summed E-state index contributed by atoms with van der Waals surface area (Å²) in [5.41, 5.74) is 1.52. The second kappa shape index (κ2) is 10.6. The maximum atomic E-state index is 14.0. The van der Waals surface area contributed by atoms with E-state index in [-0.39, 0.29) is 18.0 Å². The average Bonchev–Trinajstić information content (AvgIpc) is 2.80. The third-order valence-electron chi connectivity index (χ3n) is 4.95. The lowest BCUT2D eigenvalue weighted by Crippen LogP contribution is -2.20. The lowest BCUT2D eigenvalue weighted by atomic mass is 10.2. The molecule has 4 aromatic rings. The van der Waals surface area contributed by atoms with E-state index >= 15 is 0 Å². The Balaban J connectivity index is 1.66. The number of rotatable bonds is 7. The van der Waals surface area contributed by atoms with Gasteiger partial charge in [-0.05, 0) is 78.4 Å². The minimum absolute atomic E-state index is 0.0725. The van der Waals surface area contributed by atoms with E-state index in [1.807, 2.05) is 19.1 Å². The number of hydrogen-bond donors (Lipinski definition) is 0. The minimum Gasteiger partial charge on any atom is -0.490 e. The van der Waals surface area contributed by atoms with Crippen LogP contribution >= 0.6 is 38.5 Å². The van der Waals surface area contributed by atoms with Crippen LogP contribution in [-0.2, 0) is 6.61 Å². The van der Waals surface area contributed by atoms with Gasteiger partial charge in [-0.1, -0.05) is 34.1 Å². The summed E-state index contributed by atoms with van der Waals surface area (Å²) < 4.78 is 28.5. The van der Waals surface area contributed by atoms with Crippen molar-refractivity contribution in [3.63, 3.8) is 0 Å². The predicted molar refractivity (Wildman–Crippen MR) is 142 cm³/mol. The standard InChI is InChI=1S/C25H20BrFIN3O3/c1-3-33-23-11-16(10-21(28)24(23)34-14-17-6-4-5-7-20(17)27)13-29-31-15(2)30-22-9-8-18(26)12-19(22)25(31)32/h4-13H,3,14H2,1-2H3. The van der Waals surface area contributed by atoms with Gasteiger partial charge < -0.3 is 9.47 Å². The fourth-order valence-electron chi connectivity index (χ4n) is 3.35. The maximum Gasteiger partial charge on any atom is 0.282 e. The molecular weight excluding hydrogens is 616 g/mol. The Morgan fingerprint density at radius 2 is 1.97 bits per heavy atom. The van der Waals surface area contributed by atoms with E-state index in [1.165, 1.54) is 10.7 Å². The van der Waals surface area contributed by atoms with Crippen LogP contribution in [0.1, 0.15) is 23.9 Å². The van der Waals surface area contributed by atoms with Gasteiger partial charge in [0.05, 0.1) is 27.3 Å². The van der Waals surface area contributed by atoms with Crippen molar-refractivity contribution in [1.29, 1.82) is 0 Å². The minimum atomic E-state index is -0.323. The van der Waals surface area contributed by atoms with Crippen LogP contribution in [0.5, 0.6) is 11.5 Å². The molecule has 3 aromatic carbocycles. The molecule has 34 heavy (non-hydrogen) atoms. The Labute approximate surface area is 217 Å². The van der Waals surface area contributed by atoms with Crippen LogP contribution in [0.25, 0.3) is 10.9 Å². The van der Waals surface area contributed by atoms with Crippen LogP contribution < -0.4 is 15.0 Å². The summed E-state index contributed by atoms with van der Waals surface area (Å²) in [6.07, 6.45) is 1.57. The molecule has 6 nitrogen and oxygen atoms in total. The molecule has 0 radical (unpaired) electrons. The number of halogens is 3. The smallest absolute Gasteiger partial charge is 0.282 e. The molecule has 0 aliphatic rings. The molecule has 0 saturated heterocycles. The second-order valence-electron chi connectivity index (χ2n) is 7.33. The third-order valence-corrected chi connectivity index (χ3v) is 6.25. The summed E-state index contributed by atoms with van der Waals surface area (Å²) in [4.78, 5) is 17.5. The summed E-state index contributed by atoms with van der Waals surface area (Å²) in [6.45, 7) is 4.10. The van der Waals surface area contributed by atoms with Crippen LogP contribution in [0.15, 0.2) is 69.0 Å². The summed E-state index contributed by atoms with van der Waals surface area (Å²) in [6, 6.07) is 15.5. The van der Waals surface area contributed by atoms with Crippen molar-refractivity contribution >= 4 is 55.6 Å². The molecule has 0 atom stereocenters. The summed E-state index contributed by atoms with van der Waals surface area (Å²) >= 11 is 5.53. The largest absolute Gasteiger partial charge is 0.490 e. The average molecular weight is 636 g/mol. The summed E-state index contributed by atoms with van der Waals surface area (Å²) in [5, 5.41) is 4.86. The van der Waals surface area contributed by atoms with Gasteiger partial charge in [0.25, 0.3) is 5.56 Å². The van der Waals surface area contributed by atoms with Gasteiger partial charge in [-0.3, -0.25) is 4.79 Å². The van der Waals surface area contributed by atoms with E-state index < -0.39 is 0 Å². The van der Waals surface area contributed by atoms with E-state index in [2.05, 4.69) is 48.6 Å². The molecule has 0 saturated carbocycles. The number of aryl methyl sites for hydroxylation is 1. The maximum absolute atomic E-state index is 14.0. The highest BCUT2D eigenvalue weighted by Crippen LogP contribution is 2.34. The van der Waals surface area contributed by atoms with Crippen molar-refractivity contribution in [1.82, 2.24) is 9.66 Å². The molecular formula is C25H20BrFIN3O3. The van der Waals surface area contributed by atoms with Crippen LogP contribution in [0, 0.1) is 16.3 Å². The molecule has 0 aliphatic carbocycles. The van der Waals surface area contributed by atoms with Gasteiger partial charge in [0.1, 0.15) is 18.2 Å². The van der Waals surface area contributed by atoms with Gasteiger partial charge in [-0.2, -0.15) is 9.78 Å². The zero-order chi connectivity index (χ0) is 24.2. The monoisotopic (exact) mass is 635 g/mol. The molecule has 9 heteroatoms. The normalized spacial score (nSPS) is 11.3. The molecule has 4 rings (SSSR count). The van der Waals surface area contributed by atoms with E-state index in [0.29, 0.717) is 46.0 Å². The SMILES string of the molecule is CCOc1cc(C=Nn2c(C)nc3ccc(Br)cc3c2=O)cc(I)c1OCc1ccccc1F. The first kappa shape index (κ1) is 24.3. The van der Waals surface area contributed by atoms with Gasteiger partial charge in [0.2, 0.25) is 0 Å². The first-order chi connectivity index (χ1) is 16.4. The van der Waals surface area contributed by atoms with E-state index in [4.69, 9.17) is 9.47 Å². The zero-order valence-electron chi connectivity index (χ0n) is 18.4. The van der Waals surface area contributed by atoms with Gasteiger partial charge >= 0.3 is 0 Å². The lowest BCUT2D eigenvalue weighted by Gasteiger charge is -2.15. The van der Waals surface area contributed by atoms with E-state index in [9.17, 15) is 9.18 Å². The number of ether oxygens (including phenoxy) is 2. The number of hydrogen-bond acceptors (Lipinski definition) is 5. The number of aromatic nitrogens is 2. The Bertz CT molecular complexity index is 1460. The highest BCUT2D eigenvalue weighted by Gasteiger charge is 2.14. The van der Waals surface area contributed by atoms with E-state index in [1.54, 1.807) is 49.5 Å². The Hall–Kier alpha value is -2.79. The third kappa shape index (κ3) is 5.30. The first-order valence-corrected chi connectivity index (χ1v) is 12.3. The predicted octanol–water partition coefficient (Wildman–Crippen LogP) is 6.07. The number of benzene rings is 3. The fraction of sp³-hybridized carbons (Fsp3) is 0.160. The van der Waals surface area contributed by atoms with Crippen molar-refractivity contribution in [2.75, 3.05) is 6.61 Å². The van der Waals surface area contributed by atoms with Gasteiger partial charge in [-0.15, -0.1) is 0 Å². The lowest BCUT2D eigenvalue weighted by molar-refractivity contribution is 0.264. The van der Waals surface area contributed by atoms with Crippen LogP contribution in [0.2, 0.25) is 0 Å². The Kier molecular flexibility index (Phi) is 7.62. The quantitative estimate of drug-likeness (QED) is 0.183. The van der Waals surface area contributed by atoms with Crippen molar-refractivity contribution in [2.24, 2.45) is 5.10 Å². The van der Waals surface area contributed by atoms with Crippen molar-refractivity contribution in [2.45, 2.75) is 20.5 Å². The number of nitrogens with zero attached hydrogens (tertiary/aromatic N) is 3. The Morgan fingerprint density at radius 1 is 1.18 bits per heavy atom. The highest BCUT2D eigenvalue weighted by atomic mass is 127. The molecule has 0 spiro atoms. The molecule has 174 valence electrons. The zero-order valence-corrected chi connectivity index (χ0v) is 22.1. The highest BCUT2D eigenvalue weighted by molar-refractivity contribution is 14.1. The van der Waals surface area contributed by atoms with Crippen LogP contribution in [-0.4, -0.2) is 22.5 Å². The molecule has 0 aliphatic heterocycles. The van der Waals surface area contributed by atoms with Crippen molar-refractivity contribution in [3.05, 3.63) is 95.8 Å². The van der Waals surface area contributed by atoms with Crippen molar-refractivity contribution < 1.29 is 13.9 Å². The fourth-order valence-corrected chi connectivity index (χ4v) is 4.49. The van der Waals surface area contributed by atoms with Gasteiger partial charge in [0.15, 0.2) is 11.5 Å². The second-order valence-corrected chi connectivity index (χ2v) is 9.40. The number of fused-ring (bicyclic) bond motifs is 1. The molecule has 1 aromatic heterocycles. The Morgan fingerprint density at radius 3 is 2.74 bits per heavy atom. The van der Waals surface area contributed by atoms with Gasteiger partial charge in [0, 0.05) is 10.0 Å². The van der Waals surface area contributed by atoms with Crippen LogP contribution in [0.3, 0.4) is 0 Å². The molecule has 0 fully saturated rings. The molecule has 0 unspecified atom stereocenters. The molecule has 1 heterocycles. The summed E-state index contributed by atoms with van der Waals surface area (Å²) in [5.74, 6) is 1.18. The van der Waals surface area contributed by atoms with Crippen LogP contribution in [0.4, 0.5) is 4.39 Å². The molecule has 0 N–H and O–H groups in total.